The standard InChI is InChI=1S/C13H9ClF3N7/c14-8-2-1-6(3-7(8)13(15,16)17)23-11-9-10(20-4-21-11)12(24-18)22-5-19-9/h1-5H,18H2,(H,19,22,24)(H,20,21,23). The number of hydrogen-bond acceptors (Lipinski definition) is 7. The Morgan fingerprint density at radius 1 is 0.958 bits per heavy atom. The molecule has 0 aliphatic carbocycles. The molecule has 0 radical (unpaired) electrons. The molecule has 2 heterocycles. The first kappa shape index (κ1) is 16.1. The third kappa shape index (κ3) is 3.01. The van der Waals surface area contributed by atoms with Crippen LogP contribution in [0, 0.1) is 0 Å². The van der Waals surface area contributed by atoms with Crippen molar-refractivity contribution >= 4 is 40.0 Å². The van der Waals surface area contributed by atoms with Crippen molar-refractivity contribution < 1.29 is 13.2 Å². The van der Waals surface area contributed by atoms with E-state index in [4.69, 9.17) is 17.4 Å². The number of nitrogens with one attached hydrogen (secondary N) is 2. The molecule has 3 aromatic rings. The van der Waals surface area contributed by atoms with Crippen molar-refractivity contribution in [2.75, 3.05) is 10.7 Å². The van der Waals surface area contributed by atoms with E-state index in [1.54, 1.807) is 0 Å². The number of alkyl halides is 3. The van der Waals surface area contributed by atoms with E-state index in [2.05, 4.69) is 30.7 Å². The van der Waals surface area contributed by atoms with E-state index in [0.717, 1.165) is 12.1 Å². The number of hydrazine groups is 1. The van der Waals surface area contributed by atoms with Crippen LogP contribution in [0.1, 0.15) is 5.56 Å². The second kappa shape index (κ2) is 6.06. The van der Waals surface area contributed by atoms with Crippen LogP contribution in [0.25, 0.3) is 11.0 Å². The van der Waals surface area contributed by atoms with Crippen LogP contribution in [-0.2, 0) is 6.18 Å². The average molecular weight is 356 g/mol. The molecule has 0 aliphatic rings. The topological polar surface area (TPSA) is 102 Å². The van der Waals surface area contributed by atoms with E-state index in [0.29, 0.717) is 11.0 Å². The van der Waals surface area contributed by atoms with Gasteiger partial charge in [0.2, 0.25) is 0 Å². The van der Waals surface area contributed by atoms with Gasteiger partial charge in [0.25, 0.3) is 0 Å². The SMILES string of the molecule is NNc1ncnc2c(Nc3ccc(Cl)c(C(F)(F)F)c3)ncnc12. The predicted molar refractivity (Wildman–Crippen MR) is 82.7 cm³/mol. The highest BCUT2D eigenvalue weighted by molar-refractivity contribution is 6.31. The Bertz CT molecular complexity index is 900. The maximum Gasteiger partial charge on any atom is 0.417 e. The highest BCUT2D eigenvalue weighted by Gasteiger charge is 2.33. The maximum absolute atomic E-state index is 12.9. The second-order valence-corrected chi connectivity index (χ2v) is 5.01. The summed E-state index contributed by atoms with van der Waals surface area (Å²) in [5.74, 6) is 5.81. The molecule has 0 saturated carbocycles. The number of halogens is 4. The number of nitrogens with zero attached hydrogens (tertiary/aromatic N) is 4. The van der Waals surface area contributed by atoms with Gasteiger partial charge >= 0.3 is 6.18 Å². The fourth-order valence-corrected chi connectivity index (χ4v) is 2.26. The van der Waals surface area contributed by atoms with Gasteiger partial charge in [-0.3, -0.25) is 0 Å². The van der Waals surface area contributed by atoms with Crippen molar-refractivity contribution in [3.8, 4) is 0 Å². The van der Waals surface area contributed by atoms with Crippen molar-refractivity contribution in [1.82, 2.24) is 19.9 Å². The molecule has 0 aliphatic heterocycles. The number of aromatic nitrogens is 4. The molecular formula is C13H9ClF3N7. The van der Waals surface area contributed by atoms with Gasteiger partial charge in [-0.15, -0.1) is 0 Å². The van der Waals surface area contributed by atoms with Crippen LogP contribution in [-0.4, -0.2) is 19.9 Å². The minimum atomic E-state index is -4.57. The second-order valence-electron chi connectivity index (χ2n) is 4.60. The number of nitrogen functional groups attached to an aromatic ring is 1. The van der Waals surface area contributed by atoms with Gasteiger partial charge in [0.05, 0.1) is 10.6 Å². The van der Waals surface area contributed by atoms with Crippen molar-refractivity contribution in [3.63, 3.8) is 0 Å². The van der Waals surface area contributed by atoms with E-state index in [1.165, 1.54) is 18.7 Å². The summed E-state index contributed by atoms with van der Waals surface area (Å²) >= 11 is 5.60. The van der Waals surface area contributed by atoms with Gasteiger partial charge in [-0.05, 0) is 18.2 Å². The minimum absolute atomic E-state index is 0.146. The van der Waals surface area contributed by atoms with Crippen LogP contribution in [0.5, 0.6) is 0 Å². The highest BCUT2D eigenvalue weighted by Crippen LogP contribution is 2.37. The van der Waals surface area contributed by atoms with Crippen molar-refractivity contribution in [3.05, 3.63) is 41.4 Å². The zero-order valence-electron chi connectivity index (χ0n) is 11.8. The maximum atomic E-state index is 12.9. The van der Waals surface area contributed by atoms with Crippen LogP contribution in [0.2, 0.25) is 5.02 Å². The van der Waals surface area contributed by atoms with Crippen LogP contribution < -0.4 is 16.6 Å². The predicted octanol–water partition coefficient (Wildman–Crippen LogP) is 3.12. The highest BCUT2D eigenvalue weighted by atomic mass is 35.5. The van der Waals surface area contributed by atoms with Crippen LogP contribution in [0.15, 0.2) is 30.9 Å². The molecule has 2 aromatic heterocycles. The van der Waals surface area contributed by atoms with E-state index in [9.17, 15) is 13.2 Å². The molecule has 3 rings (SSSR count). The largest absolute Gasteiger partial charge is 0.417 e. The molecule has 0 fully saturated rings. The van der Waals surface area contributed by atoms with Crippen molar-refractivity contribution in [2.45, 2.75) is 6.18 Å². The van der Waals surface area contributed by atoms with Gasteiger partial charge in [0.15, 0.2) is 11.6 Å². The Hall–Kier alpha value is -2.72. The number of fused-ring (bicyclic) bond motifs is 1. The summed E-state index contributed by atoms with van der Waals surface area (Å²) in [6.45, 7) is 0. The van der Waals surface area contributed by atoms with Crippen molar-refractivity contribution in [2.24, 2.45) is 5.84 Å². The quantitative estimate of drug-likeness (QED) is 0.490. The monoisotopic (exact) mass is 355 g/mol. The molecular weight excluding hydrogens is 347 g/mol. The fourth-order valence-electron chi connectivity index (χ4n) is 2.03. The first-order valence-corrected chi connectivity index (χ1v) is 6.84. The summed E-state index contributed by atoms with van der Waals surface area (Å²) in [7, 11) is 0. The first-order chi connectivity index (χ1) is 11.4. The van der Waals surface area contributed by atoms with Gasteiger partial charge in [-0.2, -0.15) is 13.2 Å². The number of benzene rings is 1. The number of anilines is 3. The van der Waals surface area contributed by atoms with Gasteiger partial charge in [0.1, 0.15) is 23.7 Å². The van der Waals surface area contributed by atoms with Gasteiger partial charge in [-0.25, -0.2) is 25.8 Å². The van der Waals surface area contributed by atoms with E-state index >= 15 is 0 Å². The summed E-state index contributed by atoms with van der Waals surface area (Å²) in [6, 6.07) is 3.44. The third-order valence-electron chi connectivity index (χ3n) is 3.09. The lowest BCUT2D eigenvalue weighted by atomic mass is 10.2. The summed E-state index contributed by atoms with van der Waals surface area (Å²) in [5.41, 5.74) is 2.17. The number of rotatable bonds is 3. The van der Waals surface area contributed by atoms with Gasteiger partial charge in [0, 0.05) is 5.69 Å². The first-order valence-electron chi connectivity index (χ1n) is 6.46. The third-order valence-corrected chi connectivity index (χ3v) is 3.42. The lowest BCUT2D eigenvalue weighted by Gasteiger charge is -2.13. The molecule has 0 saturated heterocycles. The Kier molecular flexibility index (Phi) is 4.08. The summed E-state index contributed by atoms with van der Waals surface area (Å²) < 4.78 is 38.8. The van der Waals surface area contributed by atoms with Crippen molar-refractivity contribution in [1.29, 1.82) is 0 Å². The van der Waals surface area contributed by atoms with Crippen LogP contribution in [0.4, 0.5) is 30.5 Å². The normalized spacial score (nSPS) is 11.5. The molecule has 0 bridgehead atoms. The summed E-state index contributed by atoms with van der Waals surface area (Å²) in [4.78, 5) is 15.9. The average Bonchev–Trinajstić information content (AvgIpc) is 2.55. The van der Waals surface area contributed by atoms with Crippen LogP contribution >= 0.6 is 11.6 Å². The number of nitrogens with two attached hydrogens (primary N) is 1. The molecule has 0 unspecified atom stereocenters. The Labute approximate surface area is 138 Å². The minimum Gasteiger partial charge on any atom is -0.338 e. The molecule has 4 N–H and O–H groups in total. The Morgan fingerprint density at radius 3 is 2.21 bits per heavy atom. The zero-order valence-corrected chi connectivity index (χ0v) is 12.5. The summed E-state index contributed by atoms with van der Waals surface area (Å²) in [6.07, 6.45) is -2.12. The Morgan fingerprint density at radius 2 is 1.58 bits per heavy atom. The smallest absolute Gasteiger partial charge is 0.338 e. The van der Waals surface area contributed by atoms with Gasteiger partial charge in [-0.1, -0.05) is 11.6 Å². The van der Waals surface area contributed by atoms with E-state index in [-0.39, 0.29) is 17.3 Å². The molecule has 7 nitrogen and oxygen atoms in total. The zero-order chi connectivity index (χ0) is 17.3. The molecule has 1 aromatic carbocycles. The van der Waals surface area contributed by atoms with Crippen LogP contribution in [0.3, 0.4) is 0 Å². The molecule has 0 atom stereocenters. The molecule has 0 amide bonds. The Balaban J connectivity index is 2.05. The molecule has 0 spiro atoms. The molecule has 11 heteroatoms. The number of hydrogen-bond donors (Lipinski definition) is 3. The van der Waals surface area contributed by atoms with Gasteiger partial charge < -0.3 is 10.7 Å². The lowest BCUT2D eigenvalue weighted by Crippen LogP contribution is -2.10. The molecule has 24 heavy (non-hydrogen) atoms. The van der Waals surface area contributed by atoms with E-state index in [1.807, 2.05) is 0 Å². The molecule has 124 valence electrons. The van der Waals surface area contributed by atoms with E-state index < -0.39 is 16.8 Å². The fraction of sp³-hybridized carbons (Fsp3) is 0.0769. The summed E-state index contributed by atoms with van der Waals surface area (Å²) in [5, 5.41) is 2.38. The lowest BCUT2D eigenvalue weighted by molar-refractivity contribution is -0.137.